The van der Waals surface area contributed by atoms with Gasteiger partial charge in [0.15, 0.2) is 0 Å². The molecule has 38 heavy (non-hydrogen) atoms. The van der Waals surface area contributed by atoms with Crippen LogP contribution in [0.5, 0.6) is 11.5 Å². The minimum atomic E-state index is -0.276. The number of hydrogen-bond acceptors (Lipinski definition) is 8. The number of ether oxygens (including phenoxy) is 2. The Hall–Kier alpha value is -3.34. The zero-order valence-electron chi connectivity index (χ0n) is 21.6. The van der Waals surface area contributed by atoms with Crippen LogP contribution in [-0.2, 0) is 4.79 Å². The highest BCUT2D eigenvalue weighted by Gasteiger charge is 2.41. The number of rotatable bonds is 7. The van der Waals surface area contributed by atoms with Gasteiger partial charge in [0.1, 0.15) is 17.1 Å². The Bertz CT molecular complexity index is 1470. The minimum absolute atomic E-state index is 0.0661. The number of amides is 1. The molecule has 4 heterocycles. The van der Waals surface area contributed by atoms with Gasteiger partial charge in [-0.2, -0.15) is 4.98 Å². The molecule has 3 aromatic rings. The maximum atomic E-state index is 14.2. The average molecular weight is 559 g/mol. The number of likely N-dealkylation sites (tertiary alicyclic amines) is 2. The topological polar surface area (TPSA) is 93.0 Å². The predicted molar refractivity (Wildman–Crippen MR) is 148 cm³/mol. The van der Waals surface area contributed by atoms with Gasteiger partial charge in [0, 0.05) is 69.5 Å². The quantitative estimate of drug-likeness (QED) is 0.408. The monoisotopic (exact) mass is 558 g/mol. The Balaban J connectivity index is 1.60. The van der Waals surface area contributed by atoms with Crippen LogP contribution < -0.4 is 19.9 Å². The molecule has 0 atom stereocenters. The molecule has 0 unspecified atom stereocenters. The Morgan fingerprint density at radius 2 is 1.71 bits per heavy atom. The maximum absolute atomic E-state index is 14.2. The number of pyridine rings is 1. The normalized spacial score (nSPS) is 16.2. The van der Waals surface area contributed by atoms with Gasteiger partial charge < -0.3 is 19.3 Å². The van der Waals surface area contributed by atoms with E-state index in [1.165, 1.54) is 20.3 Å². The molecule has 2 saturated heterocycles. The van der Waals surface area contributed by atoms with Gasteiger partial charge >= 0.3 is 0 Å². The van der Waals surface area contributed by atoms with Crippen LogP contribution in [0.15, 0.2) is 35.8 Å². The first-order chi connectivity index (χ1) is 18.2. The lowest BCUT2D eigenvalue weighted by atomic mass is 9.98. The third-order valence-corrected chi connectivity index (χ3v) is 7.87. The van der Waals surface area contributed by atoms with Gasteiger partial charge in [0.05, 0.1) is 35.9 Å². The molecule has 0 saturated carbocycles. The highest BCUT2D eigenvalue weighted by Crippen LogP contribution is 2.45. The maximum Gasteiger partial charge on any atom is 0.260 e. The van der Waals surface area contributed by atoms with E-state index in [0.29, 0.717) is 65.8 Å². The van der Waals surface area contributed by atoms with Crippen molar-refractivity contribution in [3.63, 3.8) is 0 Å². The summed E-state index contributed by atoms with van der Waals surface area (Å²) >= 11 is 13.4. The molecule has 1 aromatic carbocycles. The van der Waals surface area contributed by atoms with Gasteiger partial charge in [-0.25, -0.2) is 4.98 Å². The van der Waals surface area contributed by atoms with E-state index >= 15 is 0 Å². The summed E-state index contributed by atoms with van der Waals surface area (Å²) in [6.45, 7) is 6.13. The van der Waals surface area contributed by atoms with Crippen molar-refractivity contribution in [3.05, 3.63) is 51.4 Å². The van der Waals surface area contributed by atoms with Gasteiger partial charge in [-0.1, -0.05) is 29.8 Å². The van der Waals surface area contributed by atoms with Crippen molar-refractivity contribution < 1.29 is 14.3 Å². The molecule has 5 rings (SSSR count). The predicted octanol–water partition coefficient (Wildman–Crippen LogP) is 3.10. The molecule has 200 valence electrons. The second-order valence-corrected chi connectivity index (χ2v) is 10.3. The molecular formula is C26H28Cl2N6O4. The molecule has 0 aliphatic carbocycles. The number of aromatic nitrogens is 3. The summed E-state index contributed by atoms with van der Waals surface area (Å²) in [5, 5.41) is 1.09. The third kappa shape index (κ3) is 4.26. The van der Waals surface area contributed by atoms with E-state index in [1.54, 1.807) is 32.7 Å². The zero-order valence-corrected chi connectivity index (χ0v) is 23.1. The van der Waals surface area contributed by atoms with E-state index < -0.39 is 0 Å². The molecule has 2 fully saturated rings. The van der Waals surface area contributed by atoms with E-state index in [4.69, 9.17) is 37.7 Å². The summed E-state index contributed by atoms with van der Waals surface area (Å²) < 4.78 is 12.6. The fraction of sp³-hybridized carbons (Fsp3) is 0.385. The largest absolute Gasteiger partial charge is 0.495 e. The lowest BCUT2D eigenvalue weighted by Gasteiger charge is -2.52. The number of halogens is 2. The Morgan fingerprint density at radius 3 is 2.26 bits per heavy atom. The second kappa shape index (κ2) is 10.1. The standard InChI is InChI=1S/C26H28Cl2N6O4/c1-6-20(35)33-10-15(11-33)32-12-16(13-32)34-24-14(9-29-26(30-24)31(2)3)7-17(25(34)36)21-22(27)18(37-4)8-19(38-5)23(21)28/h6-9,15-16H,1,10-13H2,2-5H3. The van der Waals surface area contributed by atoms with Gasteiger partial charge in [-0.3, -0.25) is 19.1 Å². The fourth-order valence-corrected chi connectivity index (χ4v) is 5.62. The van der Waals surface area contributed by atoms with Crippen LogP contribution in [0.4, 0.5) is 5.95 Å². The van der Waals surface area contributed by atoms with Crippen molar-refractivity contribution in [2.75, 3.05) is 59.4 Å². The van der Waals surface area contributed by atoms with Crippen molar-refractivity contribution in [1.82, 2.24) is 24.3 Å². The van der Waals surface area contributed by atoms with Crippen LogP contribution in [-0.4, -0.2) is 90.8 Å². The van der Waals surface area contributed by atoms with Gasteiger partial charge in [0.2, 0.25) is 11.9 Å². The van der Waals surface area contributed by atoms with Crippen LogP contribution in [0.3, 0.4) is 0 Å². The molecule has 0 N–H and O–H groups in total. The third-order valence-electron chi connectivity index (χ3n) is 7.12. The number of fused-ring (bicyclic) bond motifs is 1. The van der Waals surface area contributed by atoms with Crippen LogP contribution in [0.2, 0.25) is 10.0 Å². The molecule has 12 heteroatoms. The Morgan fingerprint density at radius 1 is 1.08 bits per heavy atom. The van der Waals surface area contributed by atoms with E-state index in [-0.39, 0.29) is 33.6 Å². The van der Waals surface area contributed by atoms with Crippen molar-refractivity contribution in [1.29, 1.82) is 0 Å². The number of nitrogens with zero attached hydrogens (tertiary/aromatic N) is 6. The van der Waals surface area contributed by atoms with Gasteiger partial charge in [0.25, 0.3) is 5.56 Å². The SMILES string of the molecule is C=CC(=O)N1CC(N2CC(n3c(=O)c(-c4c(Cl)c(OC)cc(OC)c4Cl)cc4cnc(N(C)C)nc43)C2)C1. The van der Waals surface area contributed by atoms with Crippen molar-refractivity contribution in [3.8, 4) is 22.6 Å². The molecule has 0 radical (unpaired) electrons. The second-order valence-electron chi connectivity index (χ2n) is 9.57. The van der Waals surface area contributed by atoms with Crippen LogP contribution >= 0.6 is 23.2 Å². The van der Waals surface area contributed by atoms with E-state index in [9.17, 15) is 9.59 Å². The molecule has 10 nitrogen and oxygen atoms in total. The van der Waals surface area contributed by atoms with E-state index in [2.05, 4.69) is 16.5 Å². The summed E-state index contributed by atoms with van der Waals surface area (Å²) in [6.07, 6.45) is 3.02. The first kappa shape index (κ1) is 26.3. The highest BCUT2D eigenvalue weighted by molar-refractivity contribution is 6.41. The van der Waals surface area contributed by atoms with Crippen LogP contribution in [0.1, 0.15) is 6.04 Å². The number of anilines is 1. The smallest absolute Gasteiger partial charge is 0.260 e. The van der Waals surface area contributed by atoms with Gasteiger partial charge in [-0.15, -0.1) is 0 Å². The van der Waals surface area contributed by atoms with Crippen molar-refractivity contribution in [2.24, 2.45) is 0 Å². The summed E-state index contributed by atoms with van der Waals surface area (Å²) in [5.41, 5.74) is 0.884. The zero-order chi connectivity index (χ0) is 27.3. The van der Waals surface area contributed by atoms with Crippen LogP contribution in [0, 0.1) is 0 Å². The first-order valence-electron chi connectivity index (χ1n) is 12.0. The molecule has 2 aliphatic rings. The molecule has 1 amide bonds. The van der Waals surface area contributed by atoms with Crippen LogP contribution in [0.25, 0.3) is 22.2 Å². The number of carbonyl (C=O) groups excluding carboxylic acids is 1. The summed E-state index contributed by atoms with van der Waals surface area (Å²) in [7, 11) is 6.66. The van der Waals surface area contributed by atoms with Crippen molar-refractivity contribution >= 4 is 46.1 Å². The average Bonchev–Trinajstić information content (AvgIpc) is 2.85. The molecule has 0 bridgehead atoms. The molecule has 0 spiro atoms. The fourth-order valence-electron chi connectivity index (χ4n) is 4.91. The summed E-state index contributed by atoms with van der Waals surface area (Å²) in [4.78, 5) is 41.0. The van der Waals surface area contributed by atoms with E-state index in [0.717, 1.165) is 0 Å². The molecule has 2 aliphatic heterocycles. The Kier molecular flexibility index (Phi) is 6.97. The Labute approximate surface area is 230 Å². The summed E-state index contributed by atoms with van der Waals surface area (Å²) in [6, 6.07) is 3.41. The lowest BCUT2D eigenvalue weighted by molar-refractivity contribution is -0.135. The number of carbonyl (C=O) groups is 1. The number of benzene rings is 1. The number of hydrogen-bond donors (Lipinski definition) is 0. The van der Waals surface area contributed by atoms with Crippen molar-refractivity contribution in [2.45, 2.75) is 12.1 Å². The minimum Gasteiger partial charge on any atom is -0.495 e. The molecule has 2 aromatic heterocycles. The van der Waals surface area contributed by atoms with Gasteiger partial charge in [-0.05, 0) is 12.1 Å². The number of methoxy groups -OCH3 is 2. The lowest BCUT2D eigenvalue weighted by Crippen LogP contribution is -2.66. The highest BCUT2D eigenvalue weighted by atomic mass is 35.5. The first-order valence-corrected chi connectivity index (χ1v) is 12.8. The van der Waals surface area contributed by atoms with E-state index in [1.807, 2.05) is 14.1 Å². The summed E-state index contributed by atoms with van der Waals surface area (Å²) in [5.74, 6) is 1.10. The molecular weight excluding hydrogens is 531 g/mol.